The fraction of sp³-hybridized carbons (Fsp3) is 0.714. The van der Waals surface area contributed by atoms with Crippen molar-refractivity contribution in [2.45, 2.75) is 39.3 Å². The van der Waals surface area contributed by atoms with E-state index >= 15 is 0 Å². The largest absolute Gasteiger partial charge is 0.465 e. The van der Waals surface area contributed by atoms with Gasteiger partial charge in [-0.2, -0.15) is 0 Å². The van der Waals surface area contributed by atoms with E-state index in [0.717, 1.165) is 30.2 Å². The van der Waals surface area contributed by atoms with E-state index in [9.17, 15) is 0 Å². The lowest BCUT2D eigenvalue weighted by Crippen LogP contribution is -2.32. The molecule has 0 spiro atoms. The maximum Gasteiger partial charge on any atom is 0.118 e. The first-order chi connectivity index (χ1) is 8.79. The first kappa shape index (κ1) is 13.6. The van der Waals surface area contributed by atoms with E-state index in [1.54, 1.807) is 0 Å². The Morgan fingerprint density at radius 3 is 2.78 bits per heavy atom. The van der Waals surface area contributed by atoms with Crippen molar-refractivity contribution < 1.29 is 9.15 Å². The highest BCUT2D eigenvalue weighted by atomic mass is 16.5. The predicted molar refractivity (Wildman–Crippen MR) is 71.3 cm³/mol. The van der Waals surface area contributed by atoms with Crippen LogP contribution in [0, 0.1) is 6.92 Å². The molecule has 0 aliphatic carbocycles. The molecule has 1 aliphatic heterocycles. The predicted octanol–water partition coefficient (Wildman–Crippen LogP) is 2.05. The number of nitrogens with two attached hydrogens (primary N) is 1. The van der Waals surface area contributed by atoms with Crippen molar-refractivity contribution in [2.75, 3.05) is 26.2 Å². The van der Waals surface area contributed by atoms with Gasteiger partial charge in [0.05, 0.1) is 19.8 Å². The molecule has 0 unspecified atom stereocenters. The zero-order chi connectivity index (χ0) is 12.8. The highest BCUT2D eigenvalue weighted by molar-refractivity contribution is 5.19. The summed E-state index contributed by atoms with van der Waals surface area (Å²) in [5, 5.41) is 0. The Morgan fingerprint density at radius 2 is 2.11 bits per heavy atom. The van der Waals surface area contributed by atoms with Crippen molar-refractivity contribution in [1.29, 1.82) is 0 Å². The number of hydrogen-bond acceptors (Lipinski definition) is 4. The Labute approximate surface area is 109 Å². The molecule has 0 amide bonds. The molecule has 1 fully saturated rings. The molecule has 2 N–H and O–H groups in total. The topological polar surface area (TPSA) is 51.6 Å². The highest BCUT2D eigenvalue weighted by Gasteiger charge is 2.10. The van der Waals surface area contributed by atoms with Crippen LogP contribution in [-0.4, -0.2) is 31.1 Å². The second-order valence-corrected chi connectivity index (χ2v) is 4.95. The average molecular weight is 252 g/mol. The summed E-state index contributed by atoms with van der Waals surface area (Å²) < 4.78 is 11.2. The fourth-order valence-electron chi connectivity index (χ4n) is 2.39. The van der Waals surface area contributed by atoms with Crippen LogP contribution in [0.15, 0.2) is 10.5 Å². The van der Waals surface area contributed by atoms with E-state index in [2.05, 4.69) is 4.90 Å². The van der Waals surface area contributed by atoms with Gasteiger partial charge in [0.1, 0.15) is 11.5 Å². The Balaban J connectivity index is 1.66. The number of ether oxygens (including phenoxy) is 1. The SMILES string of the molecule is Cc1oc(CN)cc1COCCN1CCCCC1. The summed E-state index contributed by atoms with van der Waals surface area (Å²) >= 11 is 0. The van der Waals surface area contributed by atoms with Gasteiger partial charge in [-0.3, -0.25) is 0 Å². The molecule has 1 aromatic rings. The Morgan fingerprint density at radius 1 is 1.33 bits per heavy atom. The van der Waals surface area contributed by atoms with Crippen LogP contribution in [-0.2, 0) is 17.9 Å². The summed E-state index contributed by atoms with van der Waals surface area (Å²) in [5.74, 6) is 1.76. The number of furan rings is 1. The zero-order valence-corrected chi connectivity index (χ0v) is 11.3. The van der Waals surface area contributed by atoms with Crippen LogP contribution in [0.5, 0.6) is 0 Å². The minimum Gasteiger partial charge on any atom is -0.465 e. The van der Waals surface area contributed by atoms with Gasteiger partial charge >= 0.3 is 0 Å². The van der Waals surface area contributed by atoms with Crippen LogP contribution < -0.4 is 5.73 Å². The van der Waals surface area contributed by atoms with E-state index < -0.39 is 0 Å². The number of hydrogen-bond donors (Lipinski definition) is 1. The second kappa shape index (κ2) is 6.92. The summed E-state index contributed by atoms with van der Waals surface area (Å²) in [6.07, 6.45) is 4.05. The van der Waals surface area contributed by atoms with Crippen molar-refractivity contribution in [3.63, 3.8) is 0 Å². The molecule has 1 saturated heterocycles. The smallest absolute Gasteiger partial charge is 0.118 e. The summed E-state index contributed by atoms with van der Waals surface area (Å²) in [6, 6.07) is 2.00. The fourth-order valence-corrected chi connectivity index (χ4v) is 2.39. The molecular weight excluding hydrogens is 228 g/mol. The minimum absolute atomic E-state index is 0.453. The molecule has 4 nitrogen and oxygen atoms in total. The molecule has 1 aliphatic rings. The van der Waals surface area contributed by atoms with E-state index in [1.807, 2.05) is 13.0 Å². The molecule has 0 saturated carbocycles. The first-order valence-corrected chi connectivity index (χ1v) is 6.88. The molecule has 0 atom stereocenters. The molecule has 102 valence electrons. The molecule has 4 heteroatoms. The maximum atomic E-state index is 5.72. The van der Waals surface area contributed by atoms with Crippen LogP contribution in [0.25, 0.3) is 0 Å². The minimum atomic E-state index is 0.453. The number of nitrogens with zero attached hydrogens (tertiary/aromatic N) is 1. The van der Waals surface area contributed by atoms with Gasteiger partial charge in [0.2, 0.25) is 0 Å². The van der Waals surface area contributed by atoms with Gasteiger partial charge in [-0.25, -0.2) is 0 Å². The Bertz CT molecular complexity index is 357. The van der Waals surface area contributed by atoms with Crippen molar-refractivity contribution in [3.8, 4) is 0 Å². The third-order valence-electron chi connectivity index (χ3n) is 3.53. The van der Waals surface area contributed by atoms with E-state index in [-0.39, 0.29) is 0 Å². The Kier molecular flexibility index (Phi) is 5.23. The lowest BCUT2D eigenvalue weighted by atomic mass is 10.1. The third-order valence-corrected chi connectivity index (χ3v) is 3.53. The number of rotatable bonds is 6. The number of likely N-dealkylation sites (tertiary alicyclic amines) is 1. The van der Waals surface area contributed by atoms with Crippen LogP contribution in [0.2, 0.25) is 0 Å². The maximum absolute atomic E-state index is 5.72. The van der Waals surface area contributed by atoms with Gasteiger partial charge < -0.3 is 19.8 Å². The van der Waals surface area contributed by atoms with Crippen LogP contribution in [0.3, 0.4) is 0 Å². The molecule has 0 bridgehead atoms. The summed E-state index contributed by atoms with van der Waals surface area (Å²) in [6.45, 7) is 7.33. The molecular formula is C14H24N2O2. The number of piperidine rings is 1. The lowest BCUT2D eigenvalue weighted by Gasteiger charge is -2.26. The monoisotopic (exact) mass is 252 g/mol. The van der Waals surface area contributed by atoms with E-state index in [0.29, 0.717) is 13.2 Å². The summed E-state index contributed by atoms with van der Waals surface area (Å²) in [4.78, 5) is 2.48. The summed E-state index contributed by atoms with van der Waals surface area (Å²) in [7, 11) is 0. The van der Waals surface area contributed by atoms with Crippen molar-refractivity contribution in [3.05, 3.63) is 23.2 Å². The van der Waals surface area contributed by atoms with Gasteiger partial charge in [-0.15, -0.1) is 0 Å². The standard InChI is InChI=1S/C14H24N2O2/c1-12-13(9-14(10-15)18-12)11-17-8-7-16-5-3-2-4-6-16/h9H,2-8,10-11,15H2,1H3. The van der Waals surface area contributed by atoms with Crippen molar-refractivity contribution in [2.24, 2.45) is 5.73 Å². The van der Waals surface area contributed by atoms with Gasteiger partial charge in [0.15, 0.2) is 0 Å². The Hall–Kier alpha value is -0.840. The van der Waals surface area contributed by atoms with Crippen LogP contribution in [0.4, 0.5) is 0 Å². The van der Waals surface area contributed by atoms with Gasteiger partial charge in [0, 0.05) is 12.1 Å². The van der Waals surface area contributed by atoms with Gasteiger partial charge in [0.25, 0.3) is 0 Å². The van der Waals surface area contributed by atoms with Gasteiger partial charge in [-0.1, -0.05) is 6.42 Å². The molecule has 18 heavy (non-hydrogen) atoms. The quantitative estimate of drug-likeness (QED) is 0.787. The molecule has 2 rings (SSSR count). The lowest BCUT2D eigenvalue weighted by molar-refractivity contribution is 0.0857. The van der Waals surface area contributed by atoms with Gasteiger partial charge in [-0.05, 0) is 38.9 Å². The molecule has 0 radical (unpaired) electrons. The second-order valence-electron chi connectivity index (χ2n) is 4.95. The zero-order valence-electron chi connectivity index (χ0n) is 11.3. The average Bonchev–Trinajstić information content (AvgIpc) is 2.77. The van der Waals surface area contributed by atoms with E-state index in [1.165, 1.54) is 32.4 Å². The first-order valence-electron chi connectivity index (χ1n) is 6.88. The molecule has 2 heterocycles. The third kappa shape index (κ3) is 3.83. The normalized spacial score (nSPS) is 17.2. The van der Waals surface area contributed by atoms with Crippen molar-refractivity contribution >= 4 is 0 Å². The molecule has 1 aromatic heterocycles. The highest BCUT2D eigenvalue weighted by Crippen LogP contribution is 2.15. The van der Waals surface area contributed by atoms with E-state index in [4.69, 9.17) is 14.9 Å². The van der Waals surface area contributed by atoms with Crippen LogP contribution in [0.1, 0.15) is 36.3 Å². The molecule has 0 aromatic carbocycles. The van der Waals surface area contributed by atoms with Crippen molar-refractivity contribution in [1.82, 2.24) is 4.90 Å². The summed E-state index contributed by atoms with van der Waals surface area (Å²) in [5.41, 5.74) is 6.66. The number of aryl methyl sites for hydroxylation is 1. The van der Waals surface area contributed by atoms with Crippen LogP contribution >= 0.6 is 0 Å².